The van der Waals surface area contributed by atoms with E-state index in [1.807, 2.05) is 6.92 Å². The lowest BCUT2D eigenvalue weighted by Gasteiger charge is -1.89. The van der Waals surface area contributed by atoms with Crippen LogP contribution in [0.1, 0.15) is 6.92 Å². The maximum absolute atomic E-state index is 8.08. The lowest BCUT2D eigenvalue weighted by Crippen LogP contribution is -1.91. The third-order valence-corrected chi connectivity index (χ3v) is 0.312. The average Bonchev–Trinajstić information content (AvgIpc) is 1.38. The Morgan fingerprint density at radius 1 is 2.00 bits per heavy atom. The van der Waals surface area contributed by atoms with Crippen LogP contribution in [0.2, 0.25) is 0 Å². The minimum absolute atomic E-state index is 0.190. The van der Waals surface area contributed by atoms with Gasteiger partial charge in [0, 0.05) is 6.61 Å². The first-order valence-corrected chi connectivity index (χ1v) is 1.71. The fourth-order valence-electron chi connectivity index (χ4n) is 0. The van der Waals surface area contributed by atoms with E-state index < -0.39 is 0 Å². The monoisotopic (exact) mass is 73.1 g/mol. The number of aliphatic hydroxyl groups excluding tert-OH is 1. The van der Waals surface area contributed by atoms with Gasteiger partial charge in [0.05, 0.1) is 0 Å². The van der Waals surface area contributed by atoms with Crippen molar-refractivity contribution in [2.24, 2.45) is 5.92 Å². The van der Waals surface area contributed by atoms with Crippen molar-refractivity contribution < 1.29 is 5.11 Å². The van der Waals surface area contributed by atoms with Crippen molar-refractivity contribution in [1.29, 1.82) is 0 Å². The molecule has 1 nitrogen and oxygen atoms in total. The van der Waals surface area contributed by atoms with Gasteiger partial charge in [-0.2, -0.15) is 0 Å². The van der Waals surface area contributed by atoms with Crippen molar-refractivity contribution in [2.75, 3.05) is 6.61 Å². The molecule has 0 aromatic carbocycles. The Labute approximate surface area is 32.6 Å². The fraction of sp³-hybridized carbons (Fsp3) is 0.750. The van der Waals surface area contributed by atoms with E-state index in [1.54, 1.807) is 0 Å². The molecule has 0 aliphatic heterocycles. The lowest BCUT2D eigenvalue weighted by molar-refractivity contribution is 0.261. The Bertz CT molecular complexity index is 17.6. The molecular weight excluding hydrogens is 64.0 g/mol. The van der Waals surface area contributed by atoms with Crippen LogP contribution in [-0.4, -0.2) is 11.7 Å². The lowest BCUT2D eigenvalue weighted by atomic mass is 10.2. The highest BCUT2D eigenvalue weighted by Gasteiger charge is 1.81. The Hall–Kier alpha value is -0.0400. The molecule has 1 N–H and O–H groups in total. The van der Waals surface area contributed by atoms with E-state index in [-0.39, 0.29) is 12.5 Å². The van der Waals surface area contributed by atoms with Gasteiger partial charge in [0.15, 0.2) is 0 Å². The molecule has 0 aromatic heterocycles. The molecule has 5 heavy (non-hydrogen) atoms. The SMILES string of the molecule is [CH2]C(C)CO. The van der Waals surface area contributed by atoms with Gasteiger partial charge < -0.3 is 5.11 Å². The van der Waals surface area contributed by atoms with Gasteiger partial charge in [-0.1, -0.05) is 6.92 Å². The van der Waals surface area contributed by atoms with Crippen LogP contribution in [0.15, 0.2) is 0 Å². The largest absolute Gasteiger partial charge is 0.396 e. The second-order valence-electron chi connectivity index (χ2n) is 1.29. The number of hydrogen-bond acceptors (Lipinski definition) is 1. The fourth-order valence-corrected chi connectivity index (χ4v) is 0. The summed E-state index contributed by atoms with van der Waals surface area (Å²) in [6.45, 7) is 5.56. The standard InChI is InChI=1S/C4H9O/c1-4(2)3-5/h4-5H,1,3H2,2H3. The Kier molecular flexibility index (Phi) is 2.19. The van der Waals surface area contributed by atoms with E-state index in [0.29, 0.717) is 0 Å². The normalized spacial score (nSPS) is 9.60. The molecule has 0 heterocycles. The molecular formula is C4H9O. The second-order valence-corrected chi connectivity index (χ2v) is 1.29. The summed E-state index contributed by atoms with van der Waals surface area (Å²) in [7, 11) is 0. The summed E-state index contributed by atoms with van der Waals surface area (Å²) in [5, 5.41) is 8.08. The topological polar surface area (TPSA) is 20.2 Å². The van der Waals surface area contributed by atoms with Gasteiger partial charge in [0.2, 0.25) is 0 Å². The second kappa shape index (κ2) is 2.21. The van der Waals surface area contributed by atoms with Gasteiger partial charge in [-0.05, 0) is 12.8 Å². The van der Waals surface area contributed by atoms with Crippen LogP contribution in [0.3, 0.4) is 0 Å². The highest BCUT2D eigenvalue weighted by atomic mass is 16.3. The van der Waals surface area contributed by atoms with E-state index >= 15 is 0 Å². The molecule has 0 aliphatic rings. The molecule has 1 atom stereocenters. The highest BCUT2D eigenvalue weighted by molar-refractivity contribution is 4.46. The van der Waals surface area contributed by atoms with Crippen molar-refractivity contribution in [3.05, 3.63) is 6.92 Å². The maximum Gasteiger partial charge on any atom is 0.0456 e. The van der Waals surface area contributed by atoms with Gasteiger partial charge in [-0.3, -0.25) is 0 Å². The van der Waals surface area contributed by atoms with Gasteiger partial charge in [0.1, 0.15) is 0 Å². The summed E-state index contributed by atoms with van der Waals surface area (Å²) < 4.78 is 0. The van der Waals surface area contributed by atoms with E-state index in [1.165, 1.54) is 0 Å². The molecule has 31 valence electrons. The Morgan fingerprint density at radius 2 is 2.20 bits per heavy atom. The summed E-state index contributed by atoms with van der Waals surface area (Å²) in [5.41, 5.74) is 0. The third kappa shape index (κ3) is 3.96. The van der Waals surface area contributed by atoms with Crippen molar-refractivity contribution in [2.45, 2.75) is 6.92 Å². The molecule has 0 fully saturated rings. The van der Waals surface area contributed by atoms with E-state index in [0.717, 1.165) is 0 Å². The van der Waals surface area contributed by atoms with Crippen LogP contribution in [0, 0.1) is 12.8 Å². The van der Waals surface area contributed by atoms with Crippen molar-refractivity contribution in [1.82, 2.24) is 0 Å². The van der Waals surface area contributed by atoms with E-state index in [2.05, 4.69) is 6.92 Å². The summed E-state index contributed by atoms with van der Waals surface area (Å²) in [5.74, 6) is 0.190. The predicted molar refractivity (Wildman–Crippen MR) is 21.6 cm³/mol. The zero-order valence-corrected chi connectivity index (χ0v) is 3.44. The van der Waals surface area contributed by atoms with Gasteiger partial charge in [-0.25, -0.2) is 0 Å². The molecule has 1 radical (unpaired) electrons. The van der Waals surface area contributed by atoms with Gasteiger partial charge in [0.25, 0.3) is 0 Å². The summed E-state index contributed by atoms with van der Waals surface area (Å²) >= 11 is 0. The molecule has 0 saturated heterocycles. The van der Waals surface area contributed by atoms with Crippen molar-refractivity contribution >= 4 is 0 Å². The number of aliphatic hydroxyl groups is 1. The maximum atomic E-state index is 8.08. The van der Waals surface area contributed by atoms with Gasteiger partial charge in [-0.15, -0.1) is 0 Å². The highest BCUT2D eigenvalue weighted by Crippen LogP contribution is 1.82. The molecule has 1 unspecified atom stereocenters. The molecule has 0 rings (SSSR count). The molecule has 0 aromatic rings. The molecule has 0 aliphatic carbocycles. The molecule has 0 amide bonds. The first kappa shape index (κ1) is 4.96. The summed E-state index contributed by atoms with van der Waals surface area (Å²) in [6, 6.07) is 0. The molecule has 0 saturated carbocycles. The van der Waals surface area contributed by atoms with Crippen LogP contribution >= 0.6 is 0 Å². The van der Waals surface area contributed by atoms with Crippen molar-refractivity contribution in [3.63, 3.8) is 0 Å². The minimum Gasteiger partial charge on any atom is -0.396 e. The van der Waals surface area contributed by atoms with Crippen LogP contribution in [-0.2, 0) is 0 Å². The zero-order chi connectivity index (χ0) is 4.28. The van der Waals surface area contributed by atoms with Crippen molar-refractivity contribution in [3.8, 4) is 0 Å². The van der Waals surface area contributed by atoms with Crippen LogP contribution in [0.4, 0.5) is 0 Å². The van der Waals surface area contributed by atoms with E-state index in [9.17, 15) is 0 Å². The number of rotatable bonds is 1. The Morgan fingerprint density at radius 3 is 2.20 bits per heavy atom. The molecule has 0 spiro atoms. The average molecular weight is 73.1 g/mol. The smallest absolute Gasteiger partial charge is 0.0456 e. The minimum atomic E-state index is 0.190. The first-order chi connectivity index (χ1) is 2.27. The first-order valence-electron chi connectivity index (χ1n) is 1.71. The van der Waals surface area contributed by atoms with E-state index in [4.69, 9.17) is 5.11 Å². The molecule has 0 bridgehead atoms. The summed E-state index contributed by atoms with van der Waals surface area (Å²) in [4.78, 5) is 0. The zero-order valence-electron chi connectivity index (χ0n) is 3.44. The third-order valence-electron chi connectivity index (χ3n) is 0.312. The molecule has 1 heteroatoms. The Balaban J connectivity index is 2.54. The van der Waals surface area contributed by atoms with Crippen LogP contribution in [0.5, 0.6) is 0 Å². The van der Waals surface area contributed by atoms with Gasteiger partial charge >= 0.3 is 0 Å². The number of hydrogen-bond donors (Lipinski definition) is 1. The predicted octanol–water partition coefficient (Wildman–Crippen LogP) is 0.449. The van der Waals surface area contributed by atoms with Crippen LogP contribution < -0.4 is 0 Å². The summed E-state index contributed by atoms with van der Waals surface area (Å²) in [6.07, 6.45) is 0. The quantitative estimate of drug-likeness (QED) is 0.477. The van der Waals surface area contributed by atoms with Crippen LogP contribution in [0.25, 0.3) is 0 Å².